The molecule has 1 aromatic heterocycles. The van der Waals surface area contributed by atoms with Gasteiger partial charge in [-0.1, -0.05) is 12.1 Å². The molecule has 1 rings (SSSR count). The maximum atomic E-state index is 11.3. The molecule has 6 nitrogen and oxygen atoms in total. The standard InChI is InChI=1S/C8H11NO5S/c1-2-3-15(12,13)5-6-4-7(8(10)11)9-14-6/h4H,2-3,5H2,1H3,(H,10,11). The van der Waals surface area contributed by atoms with Gasteiger partial charge in [-0.15, -0.1) is 0 Å². The third kappa shape index (κ3) is 3.35. The van der Waals surface area contributed by atoms with Crippen LogP contribution >= 0.6 is 0 Å². The number of aromatic nitrogens is 1. The van der Waals surface area contributed by atoms with Gasteiger partial charge in [-0.05, 0) is 6.42 Å². The molecule has 7 heteroatoms. The topological polar surface area (TPSA) is 97.5 Å². The Morgan fingerprint density at radius 2 is 2.27 bits per heavy atom. The molecule has 0 unspecified atom stereocenters. The number of carboxylic acids is 1. The van der Waals surface area contributed by atoms with Crippen molar-refractivity contribution in [3.63, 3.8) is 0 Å². The number of carboxylic acid groups (broad SMARTS) is 1. The first-order valence-corrected chi connectivity index (χ1v) is 6.16. The zero-order chi connectivity index (χ0) is 11.5. The molecule has 0 atom stereocenters. The van der Waals surface area contributed by atoms with Crippen molar-refractivity contribution in [3.05, 3.63) is 17.5 Å². The minimum Gasteiger partial charge on any atom is -0.476 e. The molecule has 1 heterocycles. The second-order valence-electron chi connectivity index (χ2n) is 3.08. The summed E-state index contributed by atoms with van der Waals surface area (Å²) in [4.78, 5) is 10.4. The average Bonchev–Trinajstić information content (AvgIpc) is 2.51. The predicted octanol–water partition coefficient (Wildman–Crippen LogP) is 0.698. The van der Waals surface area contributed by atoms with Crippen LogP contribution in [0.4, 0.5) is 0 Å². The van der Waals surface area contributed by atoms with Crippen LogP contribution in [0.2, 0.25) is 0 Å². The van der Waals surface area contributed by atoms with Crippen molar-refractivity contribution < 1.29 is 22.8 Å². The fraction of sp³-hybridized carbons (Fsp3) is 0.500. The predicted molar refractivity (Wildman–Crippen MR) is 51.2 cm³/mol. The Labute approximate surface area is 86.8 Å². The van der Waals surface area contributed by atoms with Gasteiger partial charge in [0, 0.05) is 6.07 Å². The summed E-state index contributed by atoms with van der Waals surface area (Å²) in [7, 11) is -3.22. The summed E-state index contributed by atoms with van der Waals surface area (Å²) < 4.78 is 27.3. The molecule has 0 aliphatic heterocycles. The number of hydrogen-bond donors (Lipinski definition) is 1. The van der Waals surface area contributed by atoms with Crippen molar-refractivity contribution in [2.45, 2.75) is 19.1 Å². The third-order valence-corrected chi connectivity index (χ3v) is 3.41. The highest BCUT2D eigenvalue weighted by atomic mass is 32.2. The Kier molecular flexibility index (Phi) is 3.46. The van der Waals surface area contributed by atoms with Crippen LogP contribution < -0.4 is 0 Å². The maximum absolute atomic E-state index is 11.3. The number of rotatable bonds is 5. The lowest BCUT2D eigenvalue weighted by Crippen LogP contribution is -2.07. The van der Waals surface area contributed by atoms with Gasteiger partial charge in [0.25, 0.3) is 0 Å². The Morgan fingerprint density at radius 1 is 1.60 bits per heavy atom. The lowest BCUT2D eigenvalue weighted by molar-refractivity contribution is 0.0685. The van der Waals surface area contributed by atoms with E-state index in [0.717, 1.165) is 6.07 Å². The van der Waals surface area contributed by atoms with E-state index in [0.29, 0.717) is 6.42 Å². The van der Waals surface area contributed by atoms with Crippen LogP contribution in [-0.4, -0.2) is 30.4 Å². The highest BCUT2D eigenvalue weighted by Gasteiger charge is 2.17. The van der Waals surface area contributed by atoms with E-state index in [9.17, 15) is 13.2 Å². The molecular weight excluding hydrogens is 222 g/mol. The van der Waals surface area contributed by atoms with Crippen molar-refractivity contribution in [1.29, 1.82) is 0 Å². The third-order valence-electron chi connectivity index (χ3n) is 1.66. The Morgan fingerprint density at radius 3 is 2.73 bits per heavy atom. The molecule has 0 radical (unpaired) electrons. The molecular formula is C8H11NO5S. The van der Waals surface area contributed by atoms with Crippen LogP contribution in [0.5, 0.6) is 0 Å². The average molecular weight is 233 g/mol. The molecule has 84 valence electrons. The Bertz CT molecular complexity index is 447. The summed E-state index contributed by atoms with van der Waals surface area (Å²) in [5.41, 5.74) is -0.281. The second kappa shape index (κ2) is 4.43. The highest BCUT2D eigenvalue weighted by Crippen LogP contribution is 2.09. The van der Waals surface area contributed by atoms with E-state index in [1.54, 1.807) is 6.92 Å². The van der Waals surface area contributed by atoms with Gasteiger partial charge < -0.3 is 9.63 Å². The van der Waals surface area contributed by atoms with Gasteiger partial charge >= 0.3 is 5.97 Å². The van der Waals surface area contributed by atoms with Crippen LogP contribution in [0.3, 0.4) is 0 Å². The van der Waals surface area contributed by atoms with E-state index in [1.807, 2.05) is 0 Å². The van der Waals surface area contributed by atoms with Crippen molar-refractivity contribution in [3.8, 4) is 0 Å². The SMILES string of the molecule is CCCS(=O)(=O)Cc1cc(C(=O)O)no1. The molecule has 1 N–H and O–H groups in total. The van der Waals surface area contributed by atoms with Gasteiger partial charge in [-0.2, -0.15) is 0 Å². The minimum atomic E-state index is -3.22. The van der Waals surface area contributed by atoms with Crippen molar-refractivity contribution in [2.75, 3.05) is 5.75 Å². The largest absolute Gasteiger partial charge is 0.476 e. The van der Waals surface area contributed by atoms with E-state index < -0.39 is 15.8 Å². The van der Waals surface area contributed by atoms with E-state index in [-0.39, 0.29) is 23.0 Å². The van der Waals surface area contributed by atoms with Crippen molar-refractivity contribution >= 4 is 15.8 Å². The number of nitrogens with zero attached hydrogens (tertiary/aromatic N) is 1. The number of hydrogen-bond acceptors (Lipinski definition) is 5. The van der Waals surface area contributed by atoms with Gasteiger partial charge in [0.2, 0.25) is 0 Å². The van der Waals surface area contributed by atoms with Gasteiger partial charge in [0.05, 0.1) is 5.75 Å². The van der Waals surface area contributed by atoms with E-state index in [2.05, 4.69) is 9.68 Å². The van der Waals surface area contributed by atoms with Crippen LogP contribution in [-0.2, 0) is 15.6 Å². The summed E-state index contributed by atoms with van der Waals surface area (Å²) in [6.45, 7) is 1.75. The number of sulfone groups is 1. The van der Waals surface area contributed by atoms with Crippen LogP contribution in [0.25, 0.3) is 0 Å². The number of aromatic carboxylic acids is 1. The first kappa shape index (κ1) is 11.7. The molecule has 0 spiro atoms. The molecule has 0 bridgehead atoms. The van der Waals surface area contributed by atoms with Crippen LogP contribution in [0.1, 0.15) is 29.6 Å². The van der Waals surface area contributed by atoms with Gasteiger partial charge in [0.15, 0.2) is 21.3 Å². The van der Waals surface area contributed by atoms with Gasteiger partial charge in [-0.3, -0.25) is 0 Å². The fourth-order valence-electron chi connectivity index (χ4n) is 1.08. The van der Waals surface area contributed by atoms with Crippen LogP contribution in [0.15, 0.2) is 10.6 Å². The molecule has 0 amide bonds. The lowest BCUT2D eigenvalue weighted by atomic mass is 10.4. The normalized spacial score (nSPS) is 11.5. The van der Waals surface area contributed by atoms with Gasteiger partial charge in [0.1, 0.15) is 5.75 Å². The van der Waals surface area contributed by atoms with Crippen molar-refractivity contribution in [1.82, 2.24) is 5.16 Å². The molecule has 0 aliphatic carbocycles. The molecule has 0 aromatic carbocycles. The molecule has 0 saturated carbocycles. The van der Waals surface area contributed by atoms with E-state index in [4.69, 9.17) is 5.11 Å². The van der Waals surface area contributed by atoms with E-state index >= 15 is 0 Å². The summed E-state index contributed by atoms with van der Waals surface area (Å²) in [5.74, 6) is -1.43. The zero-order valence-electron chi connectivity index (χ0n) is 8.13. The summed E-state index contributed by atoms with van der Waals surface area (Å²) >= 11 is 0. The first-order chi connectivity index (χ1) is 6.94. The Hall–Kier alpha value is -1.37. The van der Waals surface area contributed by atoms with Gasteiger partial charge in [-0.25, -0.2) is 13.2 Å². The summed E-state index contributed by atoms with van der Waals surface area (Å²) in [6.07, 6.45) is 0.516. The summed E-state index contributed by atoms with van der Waals surface area (Å²) in [5, 5.41) is 11.7. The molecule has 15 heavy (non-hydrogen) atoms. The minimum absolute atomic E-state index is 0.0517. The molecule has 0 aliphatic rings. The maximum Gasteiger partial charge on any atom is 0.358 e. The van der Waals surface area contributed by atoms with Crippen LogP contribution in [0, 0.1) is 0 Å². The highest BCUT2D eigenvalue weighted by molar-refractivity contribution is 7.90. The smallest absolute Gasteiger partial charge is 0.358 e. The molecule has 1 aromatic rings. The van der Waals surface area contributed by atoms with Crippen molar-refractivity contribution in [2.24, 2.45) is 0 Å². The molecule has 0 fully saturated rings. The zero-order valence-corrected chi connectivity index (χ0v) is 8.95. The fourth-order valence-corrected chi connectivity index (χ4v) is 2.42. The lowest BCUT2D eigenvalue weighted by Gasteiger charge is -1.97. The quantitative estimate of drug-likeness (QED) is 0.803. The number of carbonyl (C=O) groups is 1. The summed E-state index contributed by atoms with van der Waals surface area (Å²) in [6, 6.07) is 1.12. The molecule has 0 saturated heterocycles. The van der Waals surface area contributed by atoms with E-state index in [1.165, 1.54) is 0 Å². The monoisotopic (exact) mass is 233 g/mol. The first-order valence-electron chi connectivity index (χ1n) is 4.34. The Balaban J connectivity index is 2.77. The second-order valence-corrected chi connectivity index (χ2v) is 5.26.